The van der Waals surface area contributed by atoms with Crippen molar-refractivity contribution < 1.29 is 19.8 Å². The molecule has 0 atom stereocenters. The maximum absolute atomic E-state index is 11.9. The molecule has 1 aliphatic rings. The van der Waals surface area contributed by atoms with Gasteiger partial charge in [-0.2, -0.15) is 0 Å². The second kappa shape index (κ2) is 6.81. The minimum Gasteiger partial charge on any atom is -0.478 e. The van der Waals surface area contributed by atoms with Gasteiger partial charge in [0.2, 0.25) is 0 Å². The van der Waals surface area contributed by atoms with E-state index in [0.29, 0.717) is 13.0 Å². The van der Waals surface area contributed by atoms with E-state index < -0.39 is 20.3 Å². The quantitative estimate of drug-likeness (QED) is 0.731. The molecule has 1 aliphatic heterocycles. The summed E-state index contributed by atoms with van der Waals surface area (Å²) < 4.78 is 2.37. The van der Waals surface area contributed by atoms with E-state index in [1.165, 1.54) is 4.90 Å². The lowest BCUT2D eigenvalue weighted by molar-refractivity contribution is -0.132. The number of amides is 1. The van der Waals surface area contributed by atoms with Crippen LogP contribution in [0.2, 0.25) is 18.1 Å². The van der Waals surface area contributed by atoms with Crippen molar-refractivity contribution in [2.45, 2.75) is 45.3 Å². The molecule has 0 spiro atoms. The Labute approximate surface area is 166 Å². The van der Waals surface area contributed by atoms with E-state index in [0.717, 1.165) is 22.0 Å². The van der Waals surface area contributed by atoms with Crippen LogP contribution in [0.3, 0.4) is 0 Å². The molecule has 2 N–H and O–H groups in total. The van der Waals surface area contributed by atoms with Crippen molar-refractivity contribution in [2.24, 2.45) is 0 Å². The molecule has 0 saturated carbocycles. The van der Waals surface area contributed by atoms with Gasteiger partial charge in [-0.05, 0) is 23.1 Å². The fourth-order valence-electron chi connectivity index (χ4n) is 3.66. The van der Waals surface area contributed by atoms with Crippen LogP contribution in [0.15, 0.2) is 36.0 Å². The van der Waals surface area contributed by atoms with Crippen molar-refractivity contribution in [3.05, 3.63) is 41.6 Å². The summed E-state index contributed by atoms with van der Waals surface area (Å²) in [6, 6.07) is 8.10. The van der Waals surface area contributed by atoms with E-state index in [4.69, 9.17) is 0 Å². The Kier molecular flexibility index (Phi) is 4.91. The largest absolute Gasteiger partial charge is 0.478 e. The Morgan fingerprint density at radius 1 is 1.11 bits per heavy atom. The molecule has 28 heavy (non-hydrogen) atoms. The number of hydrogen-bond acceptors (Lipinski definition) is 2. The SMILES string of the molecule is CC(C)(C)[Si](C)(C)n1cc(C2=C(C(=O)O)CN(C(=O)O)CC2)c2ccccc21. The normalized spacial score (nSPS) is 16.0. The molecule has 0 fully saturated rings. The fraction of sp³-hybridized carbons (Fsp3) is 0.429. The molecule has 1 amide bonds. The number of aliphatic carboxylic acids is 1. The van der Waals surface area contributed by atoms with E-state index in [9.17, 15) is 19.8 Å². The molecule has 150 valence electrons. The van der Waals surface area contributed by atoms with Crippen LogP contribution < -0.4 is 0 Å². The number of aromatic nitrogens is 1. The van der Waals surface area contributed by atoms with Crippen LogP contribution in [-0.2, 0) is 4.79 Å². The number of rotatable bonds is 3. The summed E-state index contributed by atoms with van der Waals surface area (Å²) >= 11 is 0. The lowest BCUT2D eigenvalue weighted by Gasteiger charge is -2.38. The van der Waals surface area contributed by atoms with Crippen LogP contribution >= 0.6 is 0 Å². The molecule has 2 aromatic rings. The number of carbonyl (C=O) groups is 2. The standard InChI is InChI=1S/C21H28N2O4Si/c1-21(2,3)28(4,5)23-13-16(15-8-6-7-9-18(15)23)14-10-11-22(20(26)27)12-17(14)19(24)25/h6-9,13H,10-12H2,1-5H3,(H,24,25)(H,26,27). The van der Waals surface area contributed by atoms with Crippen molar-refractivity contribution in [3.63, 3.8) is 0 Å². The minimum atomic E-state index is -1.93. The van der Waals surface area contributed by atoms with E-state index >= 15 is 0 Å². The van der Waals surface area contributed by atoms with E-state index in [2.05, 4.69) is 50.4 Å². The molecule has 0 aliphatic carbocycles. The summed E-state index contributed by atoms with van der Waals surface area (Å²) in [6.07, 6.45) is 1.43. The highest BCUT2D eigenvalue weighted by atomic mass is 28.3. The topological polar surface area (TPSA) is 82.8 Å². The molecule has 3 rings (SSSR count). The first-order chi connectivity index (χ1) is 12.9. The second-order valence-corrected chi connectivity index (χ2v) is 14.1. The van der Waals surface area contributed by atoms with E-state index in [1.807, 2.05) is 18.2 Å². The van der Waals surface area contributed by atoms with Crippen molar-refractivity contribution in [3.8, 4) is 0 Å². The van der Waals surface area contributed by atoms with Gasteiger partial charge in [0.15, 0.2) is 8.24 Å². The Morgan fingerprint density at radius 2 is 1.75 bits per heavy atom. The Bertz CT molecular complexity index is 982. The average molecular weight is 401 g/mol. The van der Waals surface area contributed by atoms with E-state index in [1.54, 1.807) is 0 Å². The third-order valence-corrected chi connectivity index (χ3v) is 11.6. The number of benzene rings is 1. The molecular weight excluding hydrogens is 372 g/mol. The fourth-order valence-corrected chi connectivity index (χ4v) is 5.64. The minimum absolute atomic E-state index is 0.0837. The maximum Gasteiger partial charge on any atom is 0.407 e. The number of fused-ring (bicyclic) bond motifs is 1. The lowest BCUT2D eigenvalue weighted by Crippen LogP contribution is -2.44. The predicted molar refractivity (Wildman–Crippen MR) is 113 cm³/mol. The van der Waals surface area contributed by atoms with Crippen LogP contribution in [-0.4, -0.2) is 52.7 Å². The third-order valence-electron chi connectivity index (χ3n) is 6.35. The summed E-state index contributed by atoms with van der Waals surface area (Å²) in [7, 11) is -1.93. The van der Waals surface area contributed by atoms with Crippen LogP contribution in [0.5, 0.6) is 0 Å². The van der Waals surface area contributed by atoms with Gasteiger partial charge in [0.25, 0.3) is 0 Å². The van der Waals surface area contributed by atoms with Gasteiger partial charge >= 0.3 is 12.1 Å². The van der Waals surface area contributed by atoms with Gasteiger partial charge in [0.05, 0.1) is 12.1 Å². The van der Waals surface area contributed by atoms with Crippen LogP contribution in [0, 0.1) is 0 Å². The Balaban J connectivity index is 2.26. The first-order valence-electron chi connectivity index (χ1n) is 9.49. The van der Waals surface area contributed by atoms with Crippen molar-refractivity contribution in [1.29, 1.82) is 0 Å². The Hall–Kier alpha value is -2.54. The van der Waals surface area contributed by atoms with Gasteiger partial charge < -0.3 is 19.3 Å². The highest BCUT2D eigenvalue weighted by Gasteiger charge is 2.39. The first-order valence-corrected chi connectivity index (χ1v) is 12.4. The molecule has 0 saturated heterocycles. The average Bonchev–Trinajstić information content (AvgIpc) is 3.00. The van der Waals surface area contributed by atoms with Gasteiger partial charge in [-0.1, -0.05) is 52.1 Å². The smallest absolute Gasteiger partial charge is 0.407 e. The first kappa shape index (κ1) is 20.2. The van der Waals surface area contributed by atoms with Gasteiger partial charge in [-0.25, -0.2) is 9.59 Å². The van der Waals surface area contributed by atoms with E-state index in [-0.39, 0.29) is 17.2 Å². The highest BCUT2D eigenvalue weighted by Crippen LogP contribution is 2.42. The number of carboxylic acid groups (broad SMARTS) is 2. The number of nitrogens with zero attached hydrogens (tertiary/aromatic N) is 2. The molecule has 0 radical (unpaired) electrons. The summed E-state index contributed by atoms with van der Waals surface area (Å²) in [6.45, 7) is 11.6. The molecule has 2 heterocycles. The zero-order chi connectivity index (χ0) is 20.9. The van der Waals surface area contributed by atoms with Gasteiger partial charge in [-0.3, -0.25) is 0 Å². The predicted octanol–water partition coefficient (Wildman–Crippen LogP) is 4.72. The van der Waals surface area contributed by atoms with Gasteiger partial charge in [0, 0.05) is 29.2 Å². The molecule has 7 heteroatoms. The van der Waals surface area contributed by atoms with Gasteiger partial charge in [0.1, 0.15) is 0 Å². The second-order valence-electron chi connectivity index (χ2n) is 8.96. The summed E-state index contributed by atoms with van der Waals surface area (Å²) in [4.78, 5) is 24.4. The Morgan fingerprint density at radius 3 is 2.32 bits per heavy atom. The summed E-state index contributed by atoms with van der Waals surface area (Å²) in [5.74, 6) is -1.05. The molecule has 1 aromatic heterocycles. The highest BCUT2D eigenvalue weighted by molar-refractivity contribution is 6.79. The molecule has 0 bridgehead atoms. The van der Waals surface area contributed by atoms with Crippen LogP contribution in [0.25, 0.3) is 16.5 Å². The molecular formula is C21H28N2O4Si. The van der Waals surface area contributed by atoms with Crippen molar-refractivity contribution in [1.82, 2.24) is 9.13 Å². The molecule has 0 unspecified atom stereocenters. The van der Waals surface area contributed by atoms with Gasteiger partial charge in [-0.15, -0.1) is 0 Å². The summed E-state index contributed by atoms with van der Waals surface area (Å²) in [5, 5.41) is 20.2. The maximum atomic E-state index is 11.9. The van der Waals surface area contributed by atoms with Crippen LogP contribution in [0.4, 0.5) is 4.79 Å². The number of hydrogen-bond donors (Lipinski definition) is 2. The zero-order valence-electron chi connectivity index (χ0n) is 17.1. The number of carboxylic acids is 1. The van der Waals surface area contributed by atoms with Crippen molar-refractivity contribution >= 4 is 36.8 Å². The zero-order valence-corrected chi connectivity index (χ0v) is 18.1. The monoisotopic (exact) mass is 400 g/mol. The van der Waals surface area contributed by atoms with Crippen molar-refractivity contribution in [2.75, 3.05) is 13.1 Å². The number of para-hydroxylation sites is 1. The summed E-state index contributed by atoms with van der Waals surface area (Å²) in [5.41, 5.74) is 2.95. The third kappa shape index (κ3) is 3.24. The lowest BCUT2D eigenvalue weighted by atomic mass is 9.93. The molecule has 1 aromatic carbocycles. The molecule has 6 nitrogen and oxygen atoms in total. The van der Waals surface area contributed by atoms with Crippen LogP contribution in [0.1, 0.15) is 32.8 Å².